The summed E-state index contributed by atoms with van der Waals surface area (Å²) in [6.45, 7) is 4.66. The molecule has 0 saturated carbocycles. The molecule has 3 aromatic rings. The highest BCUT2D eigenvalue weighted by Crippen LogP contribution is 2.29. The van der Waals surface area contributed by atoms with Crippen molar-refractivity contribution in [1.29, 1.82) is 0 Å². The van der Waals surface area contributed by atoms with Gasteiger partial charge in [0.25, 0.3) is 15.9 Å². The fraction of sp³-hybridized carbons (Fsp3) is 0.269. The summed E-state index contributed by atoms with van der Waals surface area (Å²) in [5.74, 6) is 1.17. The standard InChI is InChI=1S/C26H29N3O5S/c1-3-34-20-12-14-21(15-13-20)35(31,32)27-23-9-5-4-8-22(23)26(30)29-18-16-28(17-19-29)24-10-6-7-11-25(24)33-2/h4-15,27H,3,16-19H2,1-2H3. The van der Waals surface area contributed by atoms with Crippen LogP contribution in [0, 0.1) is 0 Å². The maximum absolute atomic E-state index is 13.4. The molecule has 0 aromatic heterocycles. The van der Waals surface area contributed by atoms with Crippen molar-refractivity contribution in [1.82, 2.24) is 4.90 Å². The number of benzene rings is 3. The average Bonchev–Trinajstić information content (AvgIpc) is 2.89. The summed E-state index contributed by atoms with van der Waals surface area (Å²) in [6, 6.07) is 20.7. The average molecular weight is 496 g/mol. The van der Waals surface area contributed by atoms with Gasteiger partial charge in [-0.1, -0.05) is 24.3 Å². The van der Waals surface area contributed by atoms with Gasteiger partial charge in [0.1, 0.15) is 11.5 Å². The van der Waals surface area contributed by atoms with Crippen molar-refractivity contribution >= 4 is 27.3 Å². The Morgan fingerprint density at radius 2 is 1.57 bits per heavy atom. The number of hydrogen-bond acceptors (Lipinski definition) is 6. The summed E-state index contributed by atoms with van der Waals surface area (Å²) >= 11 is 0. The van der Waals surface area contributed by atoms with Gasteiger partial charge < -0.3 is 19.3 Å². The lowest BCUT2D eigenvalue weighted by atomic mass is 10.1. The Bertz CT molecular complexity index is 1270. The number of nitrogens with one attached hydrogen (secondary N) is 1. The molecule has 0 unspecified atom stereocenters. The van der Waals surface area contributed by atoms with Crippen molar-refractivity contribution in [3.05, 3.63) is 78.4 Å². The van der Waals surface area contributed by atoms with Crippen LogP contribution in [0.2, 0.25) is 0 Å². The van der Waals surface area contributed by atoms with Crippen LogP contribution in [0.25, 0.3) is 0 Å². The largest absolute Gasteiger partial charge is 0.495 e. The van der Waals surface area contributed by atoms with Crippen LogP contribution < -0.4 is 19.1 Å². The lowest BCUT2D eigenvalue weighted by Crippen LogP contribution is -2.49. The number of para-hydroxylation sites is 3. The van der Waals surface area contributed by atoms with Crippen LogP contribution in [-0.4, -0.2) is 59.1 Å². The number of amides is 1. The molecular formula is C26H29N3O5S. The SMILES string of the molecule is CCOc1ccc(S(=O)(=O)Nc2ccccc2C(=O)N2CCN(c3ccccc3OC)CC2)cc1. The maximum atomic E-state index is 13.4. The van der Waals surface area contributed by atoms with Crippen molar-refractivity contribution in [3.8, 4) is 11.5 Å². The predicted octanol–water partition coefficient (Wildman–Crippen LogP) is 3.86. The second kappa shape index (κ2) is 10.7. The monoisotopic (exact) mass is 495 g/mol. The second-order valence-corrected chi connectivity index (χ2v) is 9.69. The lowest BCUT2D eigenvalue weighted by molar-refractivity contribution is 0.0747. The molecule has 3 aromatic carbocycles. The molecule has 0 atom stereocenters. The van der Waals surface area contributed by atoms with Gasteiger partial charge in [0, 0.05) is 26.2 Å². The number of nitrogens with zero attached hydrogens (tertiary/aromatic N) is 2. The van der Waals surface area contributed by atoms with E-state index in [9.17, 15) is 13.2 Å². The van der Waals surface area contributed by atoms with E-state index in [-0.39, 0.29) is 16.5 Å². The fourth-order valence-corrected chi connectivity index (χ4v) is 5.14. The summed E-state index contributed by atoms with van der Waals surface area (Å²) < 4.78 is 39.4. The summed E-state index contributed by atoms with van der Waals surface area (Å²) in [5, 5.41) is 0. The molecule has 9 heteroatoms. The van der Waals surface area contributed by atoms with E-state index in [1.54, 1.807) is 48.4 Å². The zero-order valence-electron chi connectivity index (χ0n) is 19.8. The molecule has 184 valence electrons. The Hall–Kier alpha value is -3.72. The fourth-order valence-electron chi connectivity index (χ4n) is 4.06. The second-order valence-electron chi connectivity index (χ2n) is 8.01. The lowest BCUT2D eigenvalue weighted by Gasteiger charge is -2.36. The van der Waals surface area contributed by atoms with E-state index >= 15 is 0 Å². The Morgan fingerprint density at radius 1 is 0.914 bits per heavy atom. The molecule has 1 saturated heterocycles. The van der Waals surface area contributed by atoms with Gasteiger partial charge in [0.05, 0.1) is 35.6 Å². The minimum Gasteiger partial charge on any atom is -0.495 e. The zero-order chi connectivity index (χ0) is 24.8. The van der Waals surface area contributed by atoms with Crippen LogP contribution in [0.1, 0.15) is 17.3 Å². The zero-order valence-corrected chi connectivity index (χ0v) is 20.6. The summed E-state index contributed by atoms with van der Waals surface area (Å²) in [7, 11) is -2.24. The third-order valence-electron chi connectivity index (χ3n) is 5.84. The minimum atomic E-state index is -3.88. The van der Waals surface area contributed by atoms with Gasteiger partial charge in [-0.15, -0.1) is 0 Å². The van der Waals surface area contributed by atoms with Gasteiger partial charge in [0.2, 0.25) is 0 Å². The van der Waals surface area contributed by atoms with Crippen LogP contribution in [0.4, 0.5) is 11.4 Å². The van der Waals surface area contributed by atoms with Crippen LogP contribution in [0.3, 0.4) is 0 Å². The third-order valence-corrected chi connectivity index (χ3v) is 7.22. The molecule has 1 aliphatic rings. The molecule has 4 rings (SSSR count). The van der Waals surface area contributed by atoms with Crippen molar-refractivity contribution in [2.24, 2.45) is 0 Å². The summed E-state index contributed by atoms with van der Waals surface area (Å²) in [6.07, 6.45) is 0. The van der Waals surface area contributed by atoms with E-state index in [2.05, 4.69) is 9.62 Å². The molecular weight excluding hydrogens is 466 g/mol. The van der Waals surface area contributed by atoms with Gasteiger partial charge in [-0.3, -0.25) is 9.52 Å². The number of ether oxygens (including phenoxy) is 2. The Kier molecular flexibility index (Phi) is 7.45. The molecule has 1 aliphatic heterocycles. The number of anilines is 2. The number of carbonyl (C=O) groups is 1. The first kappa shape index (κ1) is 24.4. The highest BCUT2D eigenvalue weighted by atomic mass is 32.2. The third kappa shape index (κ3) is 5.51. The smallest absolute Gasteiger partial charge is 0.261 e. The molecule has 35 heavy (non-hydrogen) atoms. The Labute approximate surface area is 206 Å². The van der Waals surface area contributed by atoms with E-state index in [0.717, 1.165) is 11.4 Å². The first-order valence-electron chi connectivity index (χ1n) is 11.4. The molecule has 0 spiro atoms. The minimum absolute atomic E-state index is 0.0913. The van der Waals surface area contributed by atoms with Crippen LogP contribution in [0.15, 0.2) is 77.7 Å². The quantitative estimate of drug-likeness (QED) is 0.511. The van der Waals surface area contributed by atoms with Crippen molar-refractivity contribution in [3.63, 3.8) is 0 Å². The molecule has 0 radical (unpaired) electrons. The molecule has 1 amide bonds. The number of hydrogen-bond donors (Lipinski definition) is 1. The summed E-state index contributed by atoms with van der Waals surface area (Å²) in [4.78, 5) is 17.4. The molecule has 0 aliphatic carbocycles. The van der Waals surface area contributed by atoms with E-state index < -0.39 is 10.0 Å². The van der Waals surface area contributed by atoms with Gasteiger partial charge >= 0.3 is 0 Å². The summed E-state index contributed by atoms with van der Waals surface area (Å²) in [5.41, 5.74) is 1.55. The Morgan fingerprint density at radius 3 is 2.26 bits per heavy atom. The van der Waals surface area contributed by atoms with Crippen LogP contribution in [-0.2, 0) is 10.0 Å². The number of carbonyl (C=O) groups excluding carboxylic acids is 1. The van der Waals surface area contributed by atoms with Gasteiger partial charge in [-0.2, -0.15) is 0 Å². The van der Waals surface area contributed by atoms with Crippen LogP contribution in [0.5, 0.6) is 11.5 Å². The van der Waals surface area contributed by atoms with E-state index in [4.69, 9.17) is 9.47 Å². The number of sulfonamides is 1. The molecule has 1 N–H and O–H groups in total. The topological polar surface area (TPSA) is 88.2 Å². The van der Waals surface area contributed by atoms with E-state index in [1.165, 1.54) is 12.1 Å². The Balaban J connectivity index is 1.47. The van der Waals surface area contributed by atoms with Gasteiger partial charge in [-0.25, -0.2) is 8.42 Å². The number of piperazine rings is 1. The molecule has 0 bridgehead atoms. The highest BCUT2D eigenvalue weighted by Gasteiger charge is 2.26. The van der Waals surface area contributed by atoms with Crippen molar-refractivity contribution < 1.29 is 22.7 Å². The number of methoxy groups -OCH3 is 1. The first-order valence-corrected chi connectivity index (χ1v) is 12.9. The van der Waals surface area contributed by atoms with Gasteiger partial charge in [0.15, 0.2) is 0 Å². The number of rotatable bonds is 8. The highest BCUT2D eigenvalue weighted by molar-refractivity contribution is 7.92. The predicted molar refractivity (Wildman–Crippen MR) is 136 cm³/mol. The normalized spacial score (nSPS) is 13.9. The van der Waals surface area contributed by atoms with E-state index in [0.29, 0.717) is 44.1 Å². The van der Waals surface area contributed by atoms with Crippen molar-refractivity contribution in [2.45, 2.75) is 11.8 Å². The van der Waals surface area contributed by atoms with Crippen molar-refractivity contribution in [2.75, 3.05) is 49.5 Å². The maximum Gasteiger partial charge on any atom is 0.261 e. The van der Waals surface area contributed by atoms with Crippen LogP contribution >= 0.6 is 0 Å². The van der Waals surface area contributed by atoms with E-state index in [1.807, 2.05) is 31.2 Å². The van der Waals surface area contributed by atoms with Gasteiger partial charge in [-0.05, 0) is 55.5 Å². The molecule has 1 fully saturated rings. The first-order chi connectivity index (χ1) is 16.9. The molecule has 1 heterocycles. The molecule has 8 nitrogen and oxygen atoms in total.